The number of aromatic nitrogens is 3. The number of sulfonamides is 1. The minimum absolute atomic E-state index is 0.395. The summed E-state index contributed by atoms with van der Waals surface area (Å²) in [7, 11) is -3.43. The quantitative estimate of drug-likeness (QED) is 0.323. The van der Waals surface area contributed by atoms with E-state index in [2.05, 4.69) is 20.0 Å². The fourth-order valence-corrected chi connectivity index (χ4v) is 5.21. The van der Waals surface area contributed by atoms with Crippen LogP contribution in [0, 0.1) is 6.92 Å². The molecule has 1 aliphatic rings. The minimum atomic E-state index is -3.43. The topological polar surface area (TPSA) is 106 Å². The average Bonchev–Trinajstić information content (AvgIpc) is 2.86. The third kappa shape index (κ3) is 5.41. The second-order valence-electron chi connectivity index (χ2n) is 9.19. The van der Waals surface area contributed by atoms with Crippen LogP contribution in [0.4, 0.5) is 11.6 Å². The van der Waals surface area contributed by atoms with Crippen LogP contribution >= 0.6 is 0 Å². The predicted molar refractivity (Wildman–Crippen MR) is 143 cm³/mol. The van der Waals surface area contributed by atoms with Gasteiger partial charge in [0.05, 0.1) is 23.2 Å². The lowest BCUT2D eigenvalue weighted by Gasteiger charge is -2.22. The first kappa shape index (κ1) is 24.0. The number of hydrogen-bond donors (Lipinski definition) is 2. The molecule has 1 aliphatic carbocycles. The van der Waals surface area contributed by atoms with Crippen LogP contribution < -0.4 is 14.8 Å². The van der Waals surface area contributed by atoms with Gasteiger partial charge in [0.15, 0.2) is 0 Å². The molecule has 1 saturated carbocycles. The highest BCUT2D eigenvalue weighted by molar-refractivity contribution is 7.92. The number of aryl methyl sites for hydroxylation is 1. The van der Waals surface area contributed by atoms with Crippen LogP contribution in [-0.4, -0.2) is 35.7 Å². The summed E-state index contributed by atoms with van der Waals surface area (Å²) < 4.78 is 32.7. The van der Waals surface area contributed by atoms with Gasteiger partial charge < -0.3 is 10.1 Å². The van der Waals surface area contributed by atoms with Crippen LogP contribution in [0.15, 0.2) is 60.9 Å². The van der Waals surface area contributed by atoms with E-state index in [1.165, 1.54) is 19.3 Å². The molecule has 0 spiro atoms. The van der Waals surface area contributed by atoms with E-state index in [-0.39, 0.29) is 0 Å². The van der Waals surface area contributed by atoms with E-state index in [9.17, 15) is 8.42 Å². The lowest BCUT2D eigenvalue weighted by Crippen LogP contribution is -2.23. The van der Waals surface area contributed by atoms with Crippen molar-refractivity contribution in [3.63, 3.8) is 0 Å². The van der Waals surface area contributed by atoms with Crippen LogP contribution in [0.1, 0.15) is 37.7 Å². The Labute approximate surface area is 211 Å². The van der Waals surface area contributed by atoms with Gasteiger partial charge in [0.25, 0.3) is 0 Å². The lowest BCUT2D eigenvalue weighted by molar-refractivity contribution is 0.460. The maximum Gasteiger partial charge on any atom is 0.229 e. The Morgan fingerprint density at radius 3 is 2.56 bits per heavy atom. The number of benzene rings is 2. The molecular weight excluding hydrogens is 474 g/mol. The predicted octanol–water partition coefficient (Wildman–Crippen LogP) is 5.91. The Bertz CT molecular complexity index is 1500. The van der Waals surface area contributed by atoms with Crippen molar-refractivity contribution in [3.05, 3.63) is 66.5 Å². The van der Waals surface area contributed by atoms with Crippen molar-refractivity contribution in [2.45, 2.75) is 45.1 Å². The summed E-state index contributed by atoms with van der Waals surface area (Å²) in [5, 5.41) is 5.00. The number of nitrogens with zero attached hydrogens (tertiary/aromatic N) is 3. The molecule has 0 saturated heterocycles. The van der Waals surface area contributed by atoms with E-state index in [4.69, 9.17) is 9.72 Å². The summed E-state index contributed by atoms with van der Waals surface area (Å²) in [6.45, 7) is 1.95. The molecule has 36 heavy (non-hydrogen) atoms. The zero-order valence-electron chi connectivity index (χ0n) is 20.4. The molecule has 186 valence electrons. The molecular formula is C27H29N5O3S. The van der Waals surface area contributed by atoms with Gasteiger partial charge in [0.2, 0.25) is 21.9 Å². The van der Waals surface area contributed by atoms with Crippen LogP contribution in [0.5, 0.6) is 11.6 Å². The summed E-state index contributed by atoms with van der Waals surface area (Å²) >= 11 is 0. The first-order chi connectivity index (χ1) is 17.4. The van der Waals surface area contributed by atoms with Crippen molar-refractivity contribution in [1.82, 2.24) is 15.0 Å². The molecule has 2 heterocycles. The molecule has 1 fully saturated rings. The van der Waals surface area contributed by atoms with Gasteiger partial charge in [-0.3, -0.25) is 4.72 Å². The zero-order chi connectivity index (χ0) is 25.1. The van der Waals surface area contributed by atoms with Gasteiger partial charge in [-0.25, -0.2) is 23.4 Å². The van der Waals surface area contributed by atoms with Crippen LogP contribution in [0.2, 0.25) is 0 Å². The van der Waals surface area contributed by atoms with Gasteiger partial charge >= 0.3 is 0 Å². The molecule has 2 aromatic carbocycles. The molecule has 0 amide bonds. The fraction of sp³-hybridized carbons (Fsp3) is 0.296. The molecule has 0 aliphatic heterocycles. The maximum atomic E-state index is 11.9. The smallest absolute Gasteiger partial charge is 0.229 e. The van der Waals surface area contributed by atoms with Gasteiger partial charge in [-0.15, -0.1) is 0 Å². The summed E-state index contributed by atoms with van der Waals surface area (Å²) in [6, 6.07) is 15.2. The second kappa shape index (κ2) is 10.1. The van der Waals surface area contributed by atoms with E-state index in [0.717, 1.165) is 41.0 Å². The van der Waals surface area contributed by atoms with Gasteiger partial charge in [-0.2, -0.15) is 0 Å². The van der Waals surface area contributed by atoms with E-state index in [1.54, 1.807) is 24.5 Å². The van der Waals surface area contributed by atoms with E-state index in [1.807, 2.05) is 43.3 Å². The number of rotatable bonds is 7. The second-order valence-corrected chi connectivity index (χ2v) is 10.9. The molecule has 2 aromatic heterocycles. The van der Waals surface area contributed by atoms with Crippen molar-refractivity contribution in [2.75, 3.05) is 16.3 Å². The first-order valence-corrected chi connectivity index (χ1v) is 14.0. The standard InChI is InChI=1S/C27H29N5O3S/c1-18-13-14-20-21(10-6-12-24(20)32-36(2,33)34)25(18)35-26-22(11-7-16-28-26)23-15-17-29-27(31-23)30-19-8-4-3-5-9-19/h6-7,10-17,19,32H,3-5,8-9H2,1-2H3,(H,29,30,31). The maximum absolute atomic E-state index is 11.9. The van der Waals surface area contributed by atoms with Crippen LogP contribution in [-0.2, 0) is 10.0 Å². The highest BCUT2D eigenvalue weighted by Crippen LogP contribution is 2.38. The molecule has 0 bridgehead atoms. The van der Waals surface area contributed by atoms with E-state index in [0.29, 0.717) is 35.0 Å². The number of hydrogen-bond acceptors (Lipinski definition) is 7. The van der Waals surface area contributed by atoms with Crippen molar-refractivity contribution >= 4 is 32.4 Å². The number of anilines is 2. The molecule has 2 N–H and O–H groups in total. The molecule has 0 atom stereocenters. The monoisotopic (exact) mass is 503 g/mol. The molecule has 9 heteroatoms. The third-order valence-electron chi connectivity index (χ3n) is 6.34. The Kier molecular flexibility index (Phi) is 6.73. The van der Waals surface area contributed by atoms with Crippen molar-refractivity contribution in [1.29, 1.82) is 0 Å². The highest BCUT2D eigenvalue weighted by atomic mass is 32.2. The Morgan fingerprint density at radius 2 is 1.75 bits per heavy atom. The zero-order valence-corrected chi connectivity index (χ0v) is 21.2. The lowest BCUT2D eigenvalue weighted by atomic mass is 9.96. The Morgan fingerprint density at radius 1 is 0.917 bits per heavy atom. The van der Waals surface area contributed by atoms with Gasteiger partial charge in [-0.05, 0) is 49.6 Å². The number of nitrogens with one attached hydrogen (secondary N) is 2. The first-order valence-electron chi connectivity index (χ1n) is 12.1. The summed E-state index contributed by atoms with van der Waals surface area (Å²) in [4.78, 5) is 13.7. The van der Waals surface area contributed by atoms with Gasteiger partial charge in [-0.1, -0.05) is 43.5 Å². The number of ether oxygens (including phenoxy) is 1. The van der Waals surface area contributed by atoms with Crippen molar-refractivity contribution in [3.8, 4) is 22.9 Å². The third-order valence-corrected chi connectivity index (χ3v) is 6.93. The van der Waals surface area contributed by atoms with Crippen LogP contribution in [0.25, 0.3) is 22.0 Å². The highest BCUT2D eigenvalue weighted by Gasteiger charge is 2.18. The van der Waals surface area contributed by atoms with E-state index >= 15 is 0 Å². The molecule has 0 unspecified atom stereocenters. The summed E-state index contributed by atoms with van der Waals surface area (Å²) in [5.74, 6) is 1.63. The molecule has 8 nitrogen and oxygen atoms in total. The minimum Gasteiger partial charge on any atom is -0.437 e. The van der Waals surface area contributed by atoms with Crippen LogP contribution in [0.3, 0.4) is 0 Å². The van der Waals surface area contributed by atoms with Gasteiger partial charge in [0.1, 0.15) is 5.75 Å². The number of pyridine rings is 1. The average molecular weight is 504 g/mol. The van der Waals surface area contributed by atoms with Crippen molar-refractivity contribution < 1.29 is 13.2 Å². The Hall–Kier alpha value is -3.72. The summed E-state index contributed by atoms with van der Waals surface area (Å²) in [6.07, 6.45) is 10.6. The summed E-state index contributed by atoms with van der Waals surface area (Å²) in [5.41, 5.74) is 2.85. The van der Waals surface area contributed by atoms with Gasteiger partial charge in [0, 0.05) is 29.2 Å². The van der Waals surface area contributed by atoms with E-state index < -0.39 is 10.0 Å². The normalized spacial score (nSPS) is 14.5. The van der Waals surface area contributed by atoms with Crippen molar-refractivity contribution in [2.24, 2.45) is 0 Å². The SMILES string of the molecule is Cc1ccc2c(NS(C)(=O)=O)cccc2c1Oc1ncccc1-c1ccnc(NC2CCCCC2)n1. The molecule has 5 rings (SSSR count). The Balaban J connectivity index is 1.50. The fourth-order valence-electron chi connectivity index (χ4n) is 4.63. The number of fused-ring (bicyclic) bond motifs is 1. The molecule has 4 aromatic rings. The largest absolute Gasteiger partial charge is 0.437 e. The molecule has 0 radical (unpaired) electrons.